The van der Waals surface area contributed by atoms with E-state index >= 15 is 0 Å². The van der Waals surface area contributed by atoms with Crippen molar-refractivity contribution in [2.24, 2.45) is 11.1 Å². The Labute approximate surface area is 103 Å². The van der Waals surface area contributed by atoms with Gasteiger partial charge in [-0.1, -0.05) is 13.8 Å². The van der Waals surface area contributed by atoms with Crippen molar-refractivity contribution in [3.8, 4) is 0 Å². The summed E-state index contributed by atoms with van der Waals surface area (Å²) in [5.74, 6) is 0. The van der Waals surface area contributed by atoms with E-state index in [2.05, 4.69) is 56.3 Å². The molecule has 0 aromatic heterocycles. The van der Waals surface area contributed by atoms with Crippen molar-refractivity contribution in [2.45, 2.75) is 18.7 Å². The maximum atomic E-state index is 5.75. The molecule has 2 N–H and O–H groups in total. The van der Waals surface area contributed by atoms with Crippen molar-refractivity contribution in [1.82, 2.24) is 0 Å². The summed E-state index contributed by atoms with van der Waals surface area (Å²) < 4.78 is 0. The van der Waals surface area contributed by atoms with Crippen molar-refractivity contribution in [3.05, 3.63) is 24.3 Å². The van der Waals surface area contributed by atoms with E-state index in [1.165, 1.54) is 10.6 Å². The average molecular weight is 238 g/mol. The van der Waals surface area contributed by atoms with Crippen LogP contribution in [0.25, 0.3) is 0 Å². The fraction of sp³-hybridized carbons (Fsp3) is 0.538. The molecule has 1 aromatic rings. The lowest BCUT2D eigenvalue weighted by Crippen LogP contribution is -2.36. The summed E-state index contributed by atoms with van der Waals surface area (Å²) >= 11 is 1.77. The Kier molecular flexibility index (Phi) is 4.69. The number of nitrogens with zero attached hydrogens (tertiary/aromatic N) is 1. The zero-order chi connectivity index (χ0) is 12.2. The van der Waals surface area contributed by atoms with Crippen LogP contribution >= 0.6 is 11.8 Å². The Morgan fingerprint density at radius 3 is 2.25 bits per heavy atom. The van der Waals surface area contributed by atoms with Crippen LogP contribution in [0.3, 0.4) is 0 Å². The molecule has 0 heterocycles. The van der Waals surface area contributed by atoms with Gasteiger partial charge < -0.3 is 10.6 Å². The Morgan fingerprint density at radius 1 is 1.25 bits per heavy atom. The van der Waals surface area contributed by atoms with Crippen molar-refractivity contribution in [1.29, 1.82) is 0 Å². The van der Waals surface area contributed by atoms with Gasteiger partial charge in [0.2, 0.25) is 0 Å². The first-order valence-electron chi connectivity index (χ1n) is 5.54. The normalized spacial score (nSPS) is 11.6. The molecule has 0 amide bonds. The molecule has 0 unspecified atom stereocenters. The molecule has 0 fully saturated rings. The lowest BCUT2D eigenvalue weighted by Gasteiger charge is -2.30. The summed E-state index contributed by atoms with van der Waals surface area (Å²) in [6.07, 6.45) is 2.09. The molecule has 90 valence electrons. The third-order valence-electron chi connectivity index (χ3n) is 2.73. The van der Waals surface area contributed by atoms with Crippen LogP contribution < -0.4 is 10.6 Å². The Hall–Kier alpha value is -0.670. The maximum Gasteiger partial charge on any atom is 0.0364 e. The molecule has 1 rings (SSSR count). The number of benzene rings is 1. The first-order chi connectivity index (χ1) is 7.48. The first-order valence-corrected chi connectivity index (χ1v) is 6.76. The van der Waals surface area contributed by atoms with Crippen LogP contribution in [0, 0.1) is 5.41 Å². The lowest BCUT2D eigenvalue weighted by molar-refractivity contribution is 0.385. The highest BCUT2D eigenvalue weighted by atomic mass is 32.2. The van der Waals surface area contributed by atoms with E-state index in [0.717, 1.165) is 6.54 Å². The molecule has 16 heavy (non-hydrogen) atoms. The van der Waals surface area contributed by atoms with E-state index in [1.54, 1.807) is 11.8 Å². The molecule has 0 aliphatic rings. The van der Waals surface area contributed by atoms with Gasteiger partial charge in [0.15, 0.2) is 0 Å². The second-order valence-electron chi connectivity index (χ2n) is 4.92. The van der Waals surface area contributed by atoms with Crippen LogP contribution in [-0.4, -0.2) is 26.4 Å². The van der Waals surface area contributed by atoms with E-state index in [0.29, 0.717) is 6.54 Å². The van der Waals surface area contributed by atoms with E-state index in [4.69, 9.17) is 5.73 Å². The monoisotopic (exact) mass is 238 g/mol. The zero-order valence-electron chi connectivity index (χ0n) is 10.7. The minimum absolute atomic E-state index is 0.160. The van der Waals surface area contributed by atoms with Gasteiger partial charge in [0.05, 0.1) is 0 Å². The average Bonchev–Trinajstić information content (AvgIpc) is 2.28. The van der Waals surface area contributed by atoms with Gasteiger partial charge in [-0.15, -0.1) is 11.8 Å². The van der Waals surface area contributed by atoms with Gasteiger partial charge in [0, 0.05) is 24.2 Å². The van der Waals surface area contributed by atoms with Crippen molar-refractivity contribution in [3.63, 3.8) is 0 Å². The van der Waals surface area contributed by atoms with Crippen LogP contribution in [0.1, 0.15) is 13.8 Å². The summed E-state index contributed by atoms with van der Waals surface area (Å²) in [7, 11) is 2.12. The summed E-state index contributed by atoms with van der Waals surface area (Å²) in [4.78, 5) is 3.56. The Morgan fingerprint density at radius 2 is 1.81 bits per heavy atom. The molecule has 0 atom stereocenters. The molecule has 0 radical (unpaired) electrons. The smallest absolute Gasteiger partial charge is 0.0364 e. The fourth-order valence-corrected chi connectivity index (χ4v) is 2.04. The summed E-state index contributed by atoms with van der Waals surface area (Å²) in [5.41, 5.74) is 7.16. The highest BCUT2D eigenvalue weighted by Gasteiger charge is 2.18. The Balaban J connectivity index is 2.69. The quantitative estimate of drug-likeness (QED) is 0.800. The van der Waals surface area contributed by atoms with E-state index in [9.17, 15) is 0 Å². The number of thioether (sulfide) groups is 1. The van der Waals surface area contributed by atoms with Gasteiger partial charge >= 0.3 is 0 Å². The van der Waals surface area contributed by atoms with Gasteiger partial charge in [-0.3, -0.25) is 0 Å². The predicted molar refractivity (Wildman–Crippen MR) is 74.3 cm³/mol. The number of nitrogens with two attached hydrogens (primary N) is 1. The van der Waals surface area contributed by atoms with E-state index in [-0.39, 0.29) is 5.41 Å². The standard InChI is InChI=1S/C13H22N2S/c1-13(2,9-14)10-15(3)11-5-7-12(16-4)8-6-11/h5-8H,9-10,14H2,1-4H3. The van der Waals surface area contributed by atoms with Gasteiger partial charge in [-0.05, 0) is 42.5 Å². The topological polar surface area (TPSA) is 29.3 Å². The zero-order valence-corrected chi connectivity index (χ0v) is 11.5. The largest absolute Gasteiger partial charge is 0.374 e. The van der Waals surface area contributed by atoms with Crippen LogP contribution in [0.5, 0.6) is 0 Å². The van der Waals surface area contributed by atoms with Crippen molar-refractivity contribution in [2.75, 3.05) is 31.3 Å². The number of hydrogen-bond acceptors (Lipinski definition) is 3. The third-order valence-corrected chi connectivity index (χ3v) is 3.47. The number of rotatable bonds is 5. The van der Waals surface area contributed by atoms with Crippen molar-refractivity contribution < 1.29 is 0 Å². The third kappa shape index (κ3) is 3.72. The van der Waals surface area contributed by atoms with Crippen LogP contribution in [0.4, 0.5) is 5.69 Å². The molecule has 0 aliphatic heterocycles. The lowest BCUT2D eigenvalue weighted by atomic mass is 9.93. The maximum absolute atomic E-state index is 5.75. The molecule has 0 saturated carbocycles. The van der Waals surface area contributed by atoms with Crippen molar-refractivity contribution >= 4 is 17.4 Å². The second kappa shape index (κ2) is 5.60. The fourth-order valence-electron chi connectivity index (χ4n) is 1.63. The van der Waals surface area contributed by atoms with E-state index in [1.807, 2.05) is 0 Å². The SMILES string of the molecule is CSc1ccc(N(C)CC(C)(C)CN)cc1. The van der Waals surface area contributed by atoms with Gasteiger partial charge in [0.1, 0.15) is 0 Å². The molecule has 0 bridgehead atoms. The van der Waals surface area contributed by atoms with Crippen LogP contribution in [0.15, 0.2) is 29.2 Å². The molecule has 0 aliphatic carbocycles. The number of hydrogen-bond donors (Lipinski definition) is 1. The second-order valence-corrected chi connectivity index (χ2v) is 5.80. The highest BCUT2D eigenvalue weighted by molar-refractivity contribution is 7.98. The minimum Gasteiger partial charge on any atom is -0.374 e. The number of anilines is 1. The first kappa shape index (κ1) is 13.4. The van der Waals surface area contributed by atoms with Crippen LogP contribution in [0.2, 0.25) is 0 Å². The summed E-state index contributed by atoms with van der Waals surface area (Å²) in [6.45, 7) is 6.07. The Bertz CT molecular complexity index is 319. The van der Waals surface area contributed by atoms with Crippen LogP contribution in [-0.2, 0) is 0 Å². The molecule has 2 nitrogen and oxygen atoms in total. The minimum atomic E-state index is 0.160. The molecule has 3 heteroatoms. The predicted octanol–water partition coefficient (Wildman–Crippen LogP) is 2.83. The van der Waals surface area contributed by atoms with Gasteiger partial charge in [0.25, 0.3) is 0 Å². The summed E-state index contributed by atoms with van der Waals surface area (Å²) in [6, 6.07) is 8.65. The molecular weight excluding hydrogens is 216 g/mol. The van der Waals surface area contributed by atoms with E-state index < -0.39 is 0 Å². The van der Waals surface area contributed by atoms with Gasteiger partial charge in [-0.2, -0.15) is 0 Å². The molecular formula is C13H22N2S. The van der Waals surface area contributed by atoms with Gasteiger partial charge in [-0.25, -0.2) is 0 Å². The highest BCUT2D eigenvalue weighted by Crippen LogP contribution is 2.22. The summed E-state index contributed by atoms with van der Waals surface area (Å²) in [5, 5.41) is 0. The molecule has 0 spiro atoms. The molecule has 1 aromatic carbocycles. The molecule has 0 saturated heterocycles.